The van der Waals surface area contributed by atoms with Gasteiger partial charge in [-0.1, -0.05) is 66.2 Å². The Hall–Kier alpha value is -1.78. The lowest BCUT2D eigenvalue weighted by Gasteiger charge is -2.25. The van der Waals surface area contributed by atoms with Crippen molar-refractivity contribution in [2.24, 2.45) is 0 Å². The molecule has 3 rings (SSSR count). The summed E-state index contributed by atoms with van der Waals surface area (Å²) in [7, 11) is 0. The average Bonchev–Trinajstić information content (AvgIpc) is 3.33. The van der Waals surface area contributed by atoms with Gasteiger partial charge in [0, 0.05) is 12.8 Å². The van der Waals surface area contributed by atoms with Gasteiger partial charge in [-0.15, -0.1) is 0 Å². The normalized spacial score (nSPS) is 15.4. The second-order valence-electron chi connectivity index (χ2n) is 9.57. The molecule has 4 heteroatoms. The van der Waals surface area contributed by atoms with Crippen molar-refractivity contribution in [2.75, 3.05) is 13.1 Å². The molecular weight excluding hydrogens is 486 g/mol. The van der Waals surface area contributed by atoms with E-state index in [9.17, 15) is 9.59 Å². The third kappa shape index (κ3) is 7.88. The van der Waals surface area contributed by atoms with Crippen molar-refractivity contribution in [2.45, 2.75) is 90.9 Å². The Kier molecular flexibility index (Phi) is 11.7. The summed E-state index contributed by atoms with van der Waals surface area (Å²) in [6.45, 7) is 14.7. The number of benzene rings is 2. The van der Waals surface area contributed by atoms with Gasteiger partial charge < -0.3 is 0 Å². The highest BCUT2D eigenvalue weighted by molar-refractivity contribution is 9.10. The molecule has 0 amide bonds. The molecule has 0 aromatic heterocycles. The Balaban J connectivity index is 0.000000248. The van der Waals surface area contributed by atoms with E-state index in [1.165, 1.54) is 46.2 Å². The zero-order valence-electron chi connectivity index (χ0n) is 21.9. The third-order valence-electron chi connectivity index (χ3n) is 7.04. The fraction of sp³-hybridized carbons (Fsp3) is 0.533. The smallest absolute Gasteiger partial charge is 0.154 e. The molecular formula is C30H42BrNO2. The van der Waals surface area contributed by atoms with Gasteiger partial charge >= 0.3 is 0 Å². The minimum atomic E-state index is -0.00324. The van der Waals surface area contributed by atoms with Crippen molar-refractivity contribution < 1.29 is 9.59 Å². The van der Waals surface area contributed by atoms with Gasteiger partial charge in [-0.2, -0.15) is 0 Å². The number of Topliss-reactive ketones (excluding diaryl/α,β-unsaturated/α-hetero) is 2. The maximum absolute atomic E-state index is 12.6. The van der Waals surface area contributed by atoms with Gasteiger partial charge in [0.25, 0.3) is 0 Å². The van der Waals surface area contributed by atoms with E-state index < -0.39 is 0 Å². The molecule has 3 nitrogen and oxygen atoms in total. The third-order valence-corrected chi connectivity index (χ3v) is 8.20. The molecule has 2 atom stereocenters. The summed E-state index contributed by atoms with van der Waals surface area (Å²) in [5, 5.41) is 0. The highest BCUT2D eigenvalue weighted by Gasteiger charge is 2.26. The first-order valence-corrected chi connectivity index (χ1v) is 13.6. The molecule has 0 radical (unpaired) electrons. The Morgan fingerprint density at radius 3 is 1.56 bits per heavy atom. The predicted octanol–water partition coefficient (Wildman–Crippen LogP) is 6.88. The number of halogens is 1. The van der Waals surface area contributed by atoms with Crippen molar-refractivity contribution in [3.8, 4) is 0 Å². The van der Waals surface area contributed by atoms with Crippen LogP contribution in [-0.4, -0.2) is 40.4 Å². The van der Waals surface area contributed by atoms with Gasteiger partial charge in [0.1, 0.15) is 0 Å². The summed E-state index contributed by atoms with van der Waals surface area (Å²) in [6.07, 6.45) is 5.41. The minimum Gasteiger partial charge on any atom is -0.298 e. The number of carbonyl (C=O) groups is 2. The van der Waals surface area contributed by atoms with Crippen molar-refractivity contribution in [3.05, 3.63) is 69.8 Å². The van der Waals surface area contributed by atoms with E-state index in [0.29, 0.717) is 18.6 Å². The highest BCUT2D eigenvalue weighted by atomic mass is 79.9. The standard InChI is InChI=1S/C17H25NO.C13H17BrO/c1-4-16(18-10-5-6-11-18)17(19)12-15-13(2)8-7-9-14(15)3;1-4-12(14)13(15)8-11-9(2)6-5-7-10(11)3/h7-9,16H,4-6,10-12H2,1-3H3;5-7,12H,4,8H2,1-3H3. The van der Waals surface area contributed by atoms with Gasteiger partial charge in [-0.3, -0.25) is 14.5 Å². The Labute approximate surface area is 215 Å². The fourth-order valence-electron chi connectivity index (χ4n) is 4.80. The molecule has 1 fully saturated rings. The predicted molar refractivity (Wildman–Crippen MR) is 147 cm³/mol. The number of aryl methyl sites for hydroxylation is 4. The lowest BCUT2D eigenvalue weighted by molar-refractivity contribution is -0.123. The topological polar surface area (TPSA) is 37.4 Å². The van der Waals surface area contributed by atoms with E-state index in [0.717, 1.165) is 25.9 Å². The first-order chi connectivity index (χ1) is 16.2. The van der Waals surface area contributed by atoms with E-state index >= 15 is 0 Å². The number of alkyl halides is 1. The van der Waals surface area contributed by atoms with Crippen molar-refractivity contribution >= 4 is 27.5 Å². The van der Waals surface area contributed by atoms with Crippen LogP contribution in [0.1, 0.15) is 72.9 Å². The van der Waals surface area contributed by atoms with Crippen LogP contribution >= 0.6 is 15.9 Å². The number of likely N-dealkylation sites (tertiary alicyclic amines) is 1. The van der Waals surface area contributed by atoms with Crippen LogP contribution < -0.4 is 0 Å². The summed E-state index contributed by atoms with van der Waals surface area (Å²) >= 11 is 3.40. The summed E-state index contributed by atoms with van der Waals surface area (Å²) in [5.74, 6) is 0.664. The number of nitrogens with zero attached hydrogens (tertiary/aromatic N) is 1. The van der Waals surface area contributed by atoms with E-state index in [2.05, 4.69) is 85.8 Å². The van der Waals surface area contributed by atoms with Crippen molar-refractivity contribution in [1.29, 1.82) is 0 Å². The molecule has 0 spiro atoms. The van der Waals surface area contributed by atoms with Gasteiger partial charge in [-0.05, 0) is 99.8 Å². The van der Waals surface area contributed by atoms with Gasteiger partial charge in [0.05, 0.1) is 10.9 Å². The van der Waals surface area contributed by atoms with Crippen molar-refractivity contribution in [1.82, 2.24) is 4.90 Å². The van der Waals surface area contributed by atoms with Crippen LogP contribution in [0.2, 0.25) is 0 Å². The summed E-state index contributed by atoms with van der Waals surface area (Å²) in [4.78, 5) is 26.8. The molecule has 186 valence electrons. The van der Waals surface area contributed by atoms with Crippen LogP contribution in [0.25, 0.3) is 0 Å². The van der Waals surface area contributed by atoms with E-state index in [1.54, 1.807) is 0 Å². The molecule has 1 aliphatic heterocycles. The van der Waals surface area contributed by atoms with Crippen LogP contribution in [0.15, 0.2) is 36.4 Å². The van der Waals surface area contributed by atoms with E-state index in [4.69, 9.17) is 0 Å². The first-order valence-electron chi connectivity index (χ1n) is 12.7. The largest absolute Gasteiger partial charge is 0.298 e. The molecule has 0 N–H and O–H groups in total. The summed E-state index contributed by atoms with van der Waals surface area (Å²) in [5.41, 5.74) is 7.30. The maximum Gasteiger partial charge on any atom is 0.154 e. The van der Waals surface area contributed by atoms with E-state index in [-0.39, 0.29) is 16.7 Å². The Morgan fingerprint density at radius 2 is 1.18 bits per heavy atom. The van der Waals surface area contributed by atoms with Crippen LogP contribution in [0, 0.1) is 27.7 Å². The zero-order valence-corrected chi connectivity index (χ0v) is 23.5. The lowest BCUT2D eigenvalue weighted by Crippen LogP contribution is -2.39. The lowest BCUT2D eigenvalue weighted by atomic mass is 9.94. The molecule has 2 aromatic rings. The van der Waals surface area contributed by atoms with Crippen molar-refractivity contribution in [3.63, 3.8) is 0 Å². The van der Waals surface area contributed by atoms with Crippen LogP contribution in [-0.2, 0) is 22.4 Å². The van der Waals surface area contributed by atoms with Crippen LogP contribution in [0.4, 0.5) is 0 Å². The quantitative estimate of drug-likeness (QED) is 0.333. The molecule has 2 aromatic carbocycles. The number of carbonyl (C=O) groups excluding carboxylic acids is 2. The molecule has 0 bridgehead atoms. The molecule has 1 saturated heterocycles. The number of hydrogen-bond acceptors (Lipinski definition) is 3. The molecule has 1 heterocycles. The van der Waals surface area contributed by atoms with Gasteiger partial charge in [0.2, 0.25) is 0 Å². The molecule has 2 unspecified atom stereocenters. The second-order valence-corrected chi connectivity index (χ2v) is 10.7. The van der Waals surface area contributed by atoms with Crippen LogP contribution in [0.5, 0.6) is 0 Å². The Morgan fingerprint density at radius 1 is 0.765 bits per heavy atom. The minimum absolute atomic E-state index is 0.00324. The zero-order chi connectivity index (χ0) is 25.3. The Bertz CT molecular complexity index is 922. The van der Waals surface area contributed by atoms with Crippen LogP contribution in [0.3, 0.4) is 0 Å². The average molecular weight is 529 g/mol. The van der Waals surface area contributed by atoms with Gasteiger partial charge in [0.15, 0.2) is 11.6 Å². The molecule has 0 saturated carbocycles. The monoisotopic (exact) mass is 527 g/mol. The summed E-state index contributed by atoms with van der Waals surface area (Å²) < 4.78 is 0. The number of hydrogen-bond donors (Lipinski definition) is 0. The molecule has 1 aliphatic rings. The second kappa shape index (κ2) is 13.9. The molecule has 0 aliphatic carbocycles. The summed E-state index contributed by atoms with van der Waals surface area (Å²) in [6, 6.07) is 12.6. The molecule has 34 heavy (non-hydrogen) atoms. The van der Waals surface area contributed by atoms with Gasteiger partial charge in [-0.25, -0.2) is 0 Å². The fourth-order valence-corrected chi connectivity index (χ4v) is 4.96. The highest BCUT2D eigenvalue weighted by Crippen LogP contribution is 2.20. The maximum atomic E-state index is 12.6. The first kappa shape index (κ1) is 28.5. The van der Waals surface area contributed by atoms with E-state index in [1.807, 2.05) is 13.0 Å². The SMILES string of the molecule is CCC(Br)C(=O)Cc1c(C)cccc1C.CCC(C(=O)Cc1c(C)cccc1C)N1CCCC1. The number of rotatable bonds is 9. The number of ketones is 2.